The van der Waals surface area contributed by atoms with E-state index in [4.69, 9.17) is 0 Å². The highest BCUT2D eigenvalue weighted by molar-refractivity contribution is 5.90. The molecule has 1 aliphatic heterocycles. The van der Waals surface area contributed by atoms with Crippen LogP contribution in [0.3, 0.4) is 0 Å². The SMILES string of the molecule is CN(C)C(=O)CN1CCN(CCC(=O)Nc2cccc(F)c2)CC1. The van der Waals surface area contributed by atoms with E-state index in [2.05, 4.69) is 15.1 Å². The quantitative estimate of drug-likeness (QED) is 0.837. The Morgan fingerprint density at radius 2 is 1.83 bits per heavy atom. The molecule has 1 N–H and O–H groups in total. The van der Waals surface area contributed by atoms with Crippen LogP contribution in [0.2, 0.25) is 0 Å². The Labute approximate surface area is 142 Å². The molecule has 7 heteroatoms. The Bertz CT molecular complexity index is 571. The number of likely N-dealkylation sites (N-methyl/N-ethyl adjacent to an activating group) is 1. The molecular weight excluding hydrogens is 311 g/mol. The highest BCUT2D eigenvalue weighted by atomic mass is 19.1. The number of carbonyl (C=O) groups excluding carboxylic acids is 2. The predicted molar refractivity (Wildman–Crippen MR) is 91.2 cm³/mol. The fourth-order valence-electron chi connectivity index (χ4n) is 2.55. The molecule has 1 aromatic rings. The van der Waals surface area contributed by atoms with E-state index in [0.717, 1.165) is 26.2 Å². The van der Waals surface area contributed by atoms with Crippen LogP contribution < -0.4 is 5.32 Å². The van der Waals surface area contributed by atoms with Crippen LogP contribution >= 0.6 is 0 Å². The molecule has 24 heavy (non-hydrogen) atoms. The first-order valence-electron chi connectivity index (χ1n) is 8.14. The number of amides is 2. The lowest BCUT2D eigenvalue weighted by Gasteiger charge is -2.34. The van der Waals surface area contributed by atoms with E-state index in [1.54, 1.807) is 31.1 Å². The minimum absolute atomic E-state index is 0.109. The largest absolute Gasteiger partial charge is 0.348 e. The zero-order chi connectivity index (χ0) is 17.5. The van der Waals surface area contributed by atoms with Crippen molar-refractivity contribution in [2.24, 2.45) is 0 Å². The van der Waals surface area contributed by atoms with Crippen molar-refractivity contribution in [1.29, 1.82) is 0 Å². The van der Waals surface area contributed by atoms with Gasteiger partial charge < -0.3 is 15.1 Å². The lowest BCUT2D eigenvalue weighted by atomic mass is 10.2. The molecule has 1 aromatic carbocycles. The molecule has 0 spiro atoms. The average molecular weight is 336 g/mol. The van der Waals surface area contributed by atoms with E-state index in [1.165, 1.54) is 12.1 Å². The summed E-state index contributed by atoms with van der Waals surface area (Å²) in [5, 5.41) is 2.70. The van der Waals surface area contributed by atoms with E-state index >= 15 is 0 Å². The molecule has 1 saturated heterocycles. The van der Waals surface area contributed by atoms with E-state index in [9.17, 15) is 14.0 Å². The number of halogens is 1. The molecule has 0 saturated carbocycles. The lowest BCUT2D eigenvalue weighted by Crippen LogP contribution is -2.49. The van der Waals surface area contributed by atoms with Crippen molar-refractivity contribution >= 4 is 17.5 Å². The number of carbonyl (C=O) groups is 2. The van der Waals surface area contributed by atoms with E-state index in [0.29, 0.717) is 25.2 Å². The number of nitrogens with zero attached hydrogens (tertiary/aromatic N) is 3. The van der Waals surface area contributed by atoms with Gasteiger partial charge in [0, 0.05) is 58.9 Å². The summed E-state index contributed by atoms with van der Waals surface area (Å²) in [7, 11) is 3.52. The summed E-state index contributed by atoms with van der Waals surface area (Å²) in [6.07, 6.45) is 0.368. The van der Waals surface area contributed by atoms with Gasteiger partial charge in [0.15, 0.2) is 0 Å². The second kappa shape index (κ2) is 8.75. The summed E-state index contributed by atoms with van der Waals surface area (Å²) in [5.74, 6) is -0.375. The van der Waals surface area contributed by atoms with Gasteiger partial charge in [-0.3, -0.25) is 14.5 Å². The number of hydrogen-bond donors (Lipinski definition) is 1. The number of hydrogen-bond acceptors (Lipinski definition) is 4. The molecule has 0 bridgehead atoms. The van der Waals surface area contributed by atoms with Gasteiger partial charge >= 0.3 is 0 Å². The summed E-state index contributed by atoms with van der Waals surface area (Å²) < 4.78 is 13.1. The molecule has 132 valence electrons. The van der Waals surface area contributed by atoms with Crippen LogP contribution in [0.15, 0.2) is 24.3 Å². The van der Waals surface area contributed by atoms with Crippen LogP contribution in [0.5, 0.6) is 0 Å². The fraction of sp³-hybridized carbons (Fsp3) is 0.529. The number of rotatable bonds is 6. The normalized spacial score (nSPS) is 16.0. The van der Waals surface area contributed by atoms with Gasteiger partial charge in [0.2, 0.25) is 11.8 Å². The molecule has 0 radical (unpaired) electrons. The Balaban J connectivity index is 1.67. The molecule has 1 fully saturated rings. The molecule has 1 aliphatic rings. The van der Waals surface area contributed by atoms with Gasteiger partial charge in [-0.1, -0.05) is 6.07 Å². The van der Waals surface area contributed by atoms with Crippen LogP contribution in [-0.4, -0.2) is 79.9 Å². The highest BCUT2D eigenvalue weighted by Gasteiger charge is 2.19. The molecule has 0 aliphatic carbocycles. The zero-order valence-corrected chi connectivity index (χ0v) is 14.3. The summed E-state index contributed by atoms with van der Waals surface area (Å²) in [4.78, 5) is 29.6. The summed E-state index contributed by atoms with van der Waals surface area (Å²) >= 11 is 0. The van der Waals surface area contributed by atoms with Gasteiger partial charge in [0.25, 0.3) is 0 Å². The van der Waals surface area contributed by atoms with Crippen molar-refractivity contribution in [2.75, 3.05) is 58.7 Å². The van der Waals surface area contributed by atoms with E-state index in [1.807, 2.05) is 0 Å². The Kier molecular flexibility index (Phi) is 6.69. The first kappa shape index (κ1) is 18.4. The summed E-state index contributed by atoms with van der Waals surface area (Å²) in [6.45, 7) is 4.44. The van der Waals surface area contributed by atoms with Crippen LogP contribution in [-0.2, 0) is 9.59 Å². The van der Waals surface area contributed by atoms with Crippen molar-refractivity contribution in [2.45, 2.75) is 6.42 Å². The average Bonchev–Trinajstić information content (AvgIpc) is 2.54. The Morgan fingerprint density at radius 1 is 1.17 bits per heavy atom. The van der Waals surface area contributed by atoms with Crippen molar-refractivity contribution < 1.29 is 14.0 Å². The second-order valence-corrected chi connectivity index (χ2v) is 6.21. The van der Waals surface area contributed by atoms with Gasteiger partial charge in [-0.15, -0.1) is 0 Å². The minimum atomic E-state index is -0.365. The van der Waals surface area contributed by atoms with Gasteiger partial charge in [0.1, 0.15) is 5.82 Å². The van der Waals surface area contributed by atoms with Gasteiger partial charge in [-0.25, -0.2) is 4.39 Å². The molecular formula is C17H25FN4O2. The summed E-state index contributed by atoms with van der Waals surface area (Å²) in [5.41, 5.74) is 0.479. The molecule has 0 aromatic heterocycles. The maximum absolute atomic E-state index is 13.1. The smallest absolute Gasteiger partial charge is 0.236 e. The van der Waals surface area contributed by atoms with Gasteiger partial charge in [-0.2, -0.15) is 0 Å². The third-order valence-corrected chi connectivity index (χ3v) is 4.09. The highest BCUT2D eigenvalue weighted by Crippen LogP contribution is 2.10. The Morgan fingerprint density at radius 3 is 2.46 bits per heavy atom. The van der Waals surface area contributed by atoms with Crippen molar-refractivity contribution in [3.05, 3.63) is 30.1 Å². The third kappa shape index (κ3) is 5.90. The van der Waals surface area contributed by atoms with Gasteiger partial charge in [-0.05, 0) is 18.2 Å². The molecule has 6 nitrogen and oxygen atoms in total. The van der Waals surface area contributed by atoms with Crippen molar-refractivity contribution in [3.8, 4) is 0 Å². The van der Waals surface area contributed by atoms with Crippen LogP contribution in [0.4, 0.5) is 10.1 Å². The minimum Gasteiger partial charge on any atom is -0.348 e. The second-order valence-electron chi connectivity index (χ2n) is 6.21. The lowest BCUT2D eigenvalue weighted by molar-refractivity contribution is -0.130. The van der Waals surface area contributed by atoms with Crippen LogP contribution in [0, 0.1) is 5.82 Å². The standard InChI is InChI=1S/C17H25FN4O2/c1-20(2)17(24)13-22-10-8-21(9-11-22)7-6-16(23)19-15-5-3-4-14(18)12-15/h3-5,12H,6-11,13H2,1-2H3,(H,19,23). The third-order valence-electron chi connectivity index (χ3n) is 4.09. The maximum atomic E-state index is 13.1. The number of piperazine rings is 1. The molecule has 1 heterocycles. The van der Waals surface area contributed by atoms with Crippen molar-refractivity contribution in [1.82, 2.24) is 14.7 Å². The predicted octanol–water partition coefficient (Wildman–Crippen LogP) is 0.860. The molecule has 0 atom stereocenters. The van der Waals surface area contributed by atoms with Crippen LogP contribution in [0.1, 0.15) is 6.42 Å². The van der Waals surface area contributed by atoms with Crippen LogP contribution in [0.25, 0.3) is 0 Å². The van der Waals surface area contributed by atoms with Crippen molar-refractivity contribution in [3.63, 3.8) is 0 Å². The maximum Gasteiger partial charge on any atom is 0.236 e. The fourth-order valence-corrected chi connectivity index (χ4v) is 2.55. The Hall–Kier alpha value is -1.99. The van der Waals surface area contributed by atoms with E-state index < -0.39 is 0 Å². The first-order chi connectivity index (χ1) is 11.4. The first-order valence-corrected chi connectivity index (χ1v) is 8.14. The topological polar surface area (TPSA) is 55.9 Å². The number of anilines is 1. The molecule has 0 unspecified atom stereocenters. The molecule has 2 rings (SSSR count). The monoisotopic (exact) mass is 336 g/mol. The zero-order valence-electron chi connectivity index (χ0n) is 14.3. The number of nitrogens with one attached hydrogen (secondary N) is 1. The summed E-state index contributed by atoms with van der Waals surface area (Å²) in [6, 6.07) is 5.88. The van der Waals surface area contributed by atoms with Gasteiger partial charge in [0.05, 0.1) is 6.54 Å². The number of benzene rings is 1. The molecule has 2 amide bonds. The van der Waals surface area contributed by atoms with E-state index in [-0.39, 0.29) is 17.6 Å².